The van der Waals surface area contributed by atoms with Crippen LogP contribution in [0.1, 0.15) is 23.1 Å². The molecule has 122 valence electrons. The third-order valence-corrected chi connectivity index (χ3v) is 3.95. The molecule has 0 bridgehead atoms. The largest absolute Gasteiger partial charge is 0.384 e. The molecule has 24 heavy (non-hydrogen) atoms. The summed E-state index contributed by atoms with van der Waals surface area (Å²) in [5.74, 6) is 0.347. The highest BCUT2D eigenvalue weighted by atomic mass is 16.2. The van der Waals surface area contributed by atoms with E-state index in [4.69, 9.17) is 5.73 Å². The molecule has 0 aliphatic heterocycles. The number of rotatable bonds is 3. The second-order valence-corrected chi connectivity index (χ2v) is 5.86. The van der Waals surface area contributed by atoms with Gasteiger partial charge in [0.1, 0.15) is 11.5 Å². The van der Waals surface area contributed by atoms with Crippen molar-refractivity contribution in [2.45, 2.75) is 13.3 Å². The Morgan fingerprint density at radius 3 is 2.54 bits per heavy atom. The lowest BCUT2D eigenvalue weighted by molar-refractivity contribution is 0.0823. The van der Waals surface area contributed by atoms with E-state index in [0.29, 0.717) is 11.5 Å². The van der Waals surface area contributed by atoms with Gasteiger partial charge in [-0.2, -0.15) is 0 Å². The van der Waals surface area contributed by atoms with Gasteiger partial charge in [0, 0.05) is 30.6 Å². The number of carbonyl (C=O) groups excluding carboxylic acids is 1. The highest BCUT2D eigenvalue weighted by Crippen LogP contribution is 2.30. The van der Waals surface area contributed by atoms with E-state index in [1.165, 1.54) is 4.90 Å². The van der Waals surface area contributed by atoms with Crippen LogP contribution in [0.4, 0.5) is 5.82 Å². The molecule has 0 aliphatic rings. The van der Waals surface area contributed by atoms with Gasteiger partial charge in [0.25, 0.3) is 5.91 Å². The summed E-state index contributed by atoms with van der Waals surface area (Å²) in [4.78, 5) is 23.2. The van der Waals surface area contributed by atoms with Gasteiger partial charge >= 0.3 is 0 Å². The van der Waals surface area contributed by atoms with Gasteiger partial charge in [0.2, 0.25) is 0 Å². The van der Waals surface area contributed by atoms with Crippen molar-refractivity contribution < 1.29 is 4.79 Å². The number of para-hydroxylation sites is 1. The van der Waals surface area contributed by atoms with E-state index in [1.807, 2.05) is 43.3 Å². The highest BCUT2D eigenvalue weighted by Gasteiger charge is 2.20. The Bertz CT molecular complexity index is 918. The van der Waals surface area contributed by atoms with E-state index >= 15 is 0 Å². The lowest BCUT2D eigenvalue weighted by atomic mass is 9.98. The molecule has 2 aromatic heterocycles. The third kappa shape index (κ3) is 2.80. The number of pyridine rings is 2. The highest BCUT2D eigenvalue weighted by molar-refractivity contribution is 6.02. The van der Waals surface area contributed by atoms with Gasteiger partial charge in [-0.3, -0.25) is 4.79 Å². The van der Waals surface area contributed by atoms with Crippen molar-refractivity contribution in [3.05, 3.63) is 53.9 Å². The minimum Gasteiger partial charge on any atom is -0.384 e. The van der Waals surface area contributed by atoms with Gasteiger partial charge in [0.05, 0.1) is 11.2 Å². The number of anilines is 1. The average Bonchev–Trinajstić information content (AvgIpc) is 2.59. The Morgan fingerprint density at radius 1 is 1.08 bits per heavy atom. The van der Waals surface area contributed by atoms with Crippen LogP contribution in [0.3, 0.4) is 0 Å². The molecular formula is C19H20N4O. The van der Waals surface area contributed by atoms with E-state index in [2.05, 4.69) is 9.97 Å². The predicted octanol–water partition coefficient (Wildman–Crippen LogP) is 3.14. The monoisotopic (exact) mass is 320 g/mol. The second-order valence-electron chi connectivity index (χ2n) is 5.86. The van der Waals surface area contributed by atoms with Crippen LogP contribution in [-0.2, 0) is 6.42 Å². The van der Waals surface area contributed by atoms with Crippen molar-refractivity contribution in [1.82, 2.24) is 14.9 Å². The summed E-state index contributed by atoms with van der Waals surface area (Å²) in [5, 5.41) is 0.988. The van der Waals surface area contributed by atoms with Crippen LogP contribution >= 0.6 is 0 Å². The van der Waals surface area contributed by atoms with E-state index in [-0.39, 0.29) is 5.91 Å². The smallest absolute Gasteiger partial charge is 0.272 e. The molecular weight excluding hydrogens is 300 g/mol. The normalized spacial score (nSPS) is 10.8. The standard InChI is InChI=1S/C19H20N4O/c1-4-15-13(9-10-17(20)21-15)14-11-12-7-5-6-8-16(12)22-18(14)19(24)23(2)3/h5-11H,4H2,1-3H3,(H2,20,21). The van der Waals surface area contributed by atoms with Crippen LogP contribution in [-0.4, -0.2) is 34.9 Å². The second kappa shape index (κ2) is 6.28. The van der Waals surface area contributed by atoms with Gasteiger partial charge < -0.3 is 10.6 Å². The van der Waals surface area contributed by atoms with Gasteiger partial charge in [0.15, 0.2) is 0 Å². The van der Waals surface area contributed by atoms with Crippen molar-refractivity contribution in [2.24, 2.45) is 0 Å². The van der Waals surface area contributed by atoms with Crippen LogP contribution in [0.25, 0.3) is 22.0 Å². The fourth-order valence-electron chi connectivity index (χ4n) is 2.73. The molecule has 2 N–H and O–H groups in total. The van der Waals surface area contributed by atoms with E-state index < -0.39 is 0 Å². The fraction of sp³-hybridized carbons (Fsp3) is 0.211. The number of nitrogens with zero attached hydrogens (tertiary/aromatic N) is 3. The summed E-state index contributed by atoms with van der Waals surface area (Å²) >= 11 is 0. The molecule has 0 saturated heterocycles. The molecule has 3 aromatic rings. The molecule has 0 radical (unpaired) electrons. The van der Waals surface area contributed by atoms with Gasteiger partial charge in [-0.25, -0.2) is 9.97 Å². The number of nitrogen functional groups attached to an aromatic ring is 1. The molecule has 0 atom stereocenters. The van der Waals surface area contributed by atoms with E-state index in [0.717, 1.165) is 34.1 Å². The number of hydrogen-bond donors (Lipinski definition) is 1. The third-order valence-electron chi connectivity index (χ3n) is 3.95. The number of benzene rings is 1. The number of aryl methyl sites for hydroxylation is 1. The Balaban J connectivity index is 2.33. The number of hydrogen-bond acceptors (Lipinski definition) is 4. The molecule has 3 rings (SSSR count). The predicted molar refractivity (Wildman–Crippen MR) is 96.8 cm³/mol. The maximum absolute atomic E-state index is 12.7. The van der Waals surface area contributed by atoms with Crippen LogP contribution in [0.5, 0.6) is 0 Å². The summed E-state index contributed by atoms with van der Waals surface area (Å²) in [7, 11) is 3.45. The van der Waals surface area contributed by atoms with Crippen LogP contribution < -0.4 is 5.73 Å². The number of carbonyl (C=O) groups is 1. The first-order valence-electron chi connectivity index (χ1n) is 7.88. The van der Waals surface area contributed by atoms with Crippen molar-refractivity contribution in [2.75, 3.05) is 19.8 Å². The van der Waals surface area contributed by atoms with E-state index in [9.17, 15) is 4.79 Å². The quantitative estimate of drug-likeness (QED) is 0.804. The summed E-state index contributed by atoms with van der Waals surface area (Å²) in [6.45, 7) is 2.02. The number of amides is 1. The van der Waals surface area contributed by atoms with Crippen molar-refractivity contribution >= 4 is 22.6 Å². The van der Waals surface area contributed by atoms with E-state index in [1.54, 1.807) is 20.2 Å². The molecule has 0 aliphatic carbocycles. The molecule has 0 fully saturated rings. The van der Waals surface area contributed by atoms with Crippen LogP contribution in [0, 0.1) is 0 Å². The van der Waals surface area contributed by atoms with Gasteiger partial charge in [-0.15, -0.1) is 0 Å². The minimum atomic E-state index is -0.130. The molecule has 1 amide bonds. The van der Waals surface area contributed by atoms with Gasteiger partial charge in [-0.1, -0.05) is 25.1 Å². The zero-order chi connectivity index (χ0) is 17.3. The lowest BCUT2D eigenvalue weighted by Crippen LogP contribution is -2.23. The van der Waals surface area contributed by atoms with Gasteiger partial charge in [-0.05, 0) is 30.7 Å². The Labute approximate surface area is 141 Å². The summed E-state index contributed by atoms with van der Waals surface area (Å²) in [6, 6.07) is 13.5. The van der Waals surface area contributed by atoms with Crippen LogP contribution in [0.2, 0.25) is 0 Å². The SMILES string of the molecule is CCc1nc(N)ccc1-c1cc2ccccc2nc1C(=O)N(C)C. The maximum atomic E-state index is 12.7. The first-order chi connectivity index (χ1) is 11.5. The summed E-state index contributed by atoms with van der Waals surface area (Å²) in [6.07, 6.45) is 0.725. The average molecular weight is 320 g/mol. The lowest BCUT2D eigenvalue weighted by Gasteiger charge is -2.16. The molecule has 1 aromatic carbocycles. The Morgan fingerprint density at radius 2 is 1.83 bits per heavy atom. The Kier molecular flexibility index (Phi) is 4.16. The molecule has 0 spiro atoms. The molecule has 5 heteroatoms. The topological polar surface area (TPSA) is 72.1 Å². The van der Waals surface area contributed by atoms with Crippen LogP contribution in [0.15, 0.2) is 42.5 Å². The molecule has 0 unspecified atom stereocenters. The zero-order valence-electron chi connectivity index (χ0n) is 14.1. The first-order valence-corrected chi connectivity index (χ1v) is 7.88. The molecule has 2 heterocycles. The summed E-state index contributed by atoms with van der Waals surface area (Å²) < 4.78 is 0. The van der Waals surface area contributed by atoms with Crippen molar-refractivity contribution in [1.29, 1.82) is 0 Å². The maximum Gasteiger partial charge on any atom is 0.272 e. The van der Waals surface area contributed by atoms with Crippen molar-refractivity contribution in [3.8, 4) is 11.1 Å². The zero-order valence-corrected chi connectivity index (χ0v) is 14.1. The number of fused-ring (bicyclic) bond motifs is 1. The number of aromatic nitrogens is 2. The van der Waals surface area contributed by atoms with Crippen molar-refractivity contribution in [3.63, 3.8) is 0 Å². The molecule has 0 saturated carbocycles. The molecule has 5 nitrogen and oxygen atoms in total. The minimum absolute atomic E-state index is 0.130. The fourth-order valence-corrected chi connectivity index (χ4v) is 2.73. The first kappa shape index (κ1) is 15.9. The number of nitrogens with two attached hydrogens (primary N) is 1. The summed E-state index contributed by atoms with van der Waals surface area (Å²) in [5.41, 5.74) is 9.59. The Hall–Kier alpha value is -2.95.